The predicted molar refractivity (Wildman–Crippen MR) is 102 cm³/mol. The van der Waals surface area contributed by atoms with Crippen LogP contribution in [0.1, 0.15) is 24.2 Å². The summed E-state index contributed by atoms with van der Waals surface area (Å²) in [7, 11) is 0. The Morgan fingerprint density at radius 2 is 2.07 bits per heavy atom. The Balaban J connectivity index is 1.68. The Hall–Kier alpha value is -2.41. The van der Waals surface area contributed by atoms with Crippen LogP contribution in [0, 0.1) is 24.6 Å². The van der Waals surface area contributed by atoms with Crippen LogP contribution in [-0.2, 0) is 4.79 Å². The van der Waals surface area contributed by atoms with Gasteiger partial charge in [0.25, 0.3) is 0 Å². The quantitative estimate of drug-likeness (QED) is 0.854. The number of carbonyl (C=O) groups excluding carboxylic acids is 1. The highest BCUT2D eigenvalue weighted by atomic mass is 35.5. The molecular weight excluding hydrogens is 369 g/mol. The van der Waals surface area contributed by atoms with Crippen molar-refractivity contribution in [3.05, 3.63) is 46.4 Å². The molecule has 3 heterocycles. The largest absolute Gasteiger partial charge is 0.368 e. The van der Waals surface area contributed by atoms with E-state index >= 15 is 0 Å². The Kier molecular flexibility index (Phi) is 4.42. The van der Waals surface area contributed by atoms with Crippen LogP contribution in [-0.4, -0.2) is 40.4 Å². The number of fused-ring (bicyclic) bond motifs is 1. The van der Waals surface area contributed by atoms with E-state index in [4.69, 9.17) is 17.3 Å². The van der Waals surface area contributed by atoms with Crippen molar-refractivity contribution in [1.82, 2.24) is 14.9 Å². The summed E-state index contributed by atoms with van der Waals surface area (Å²) < 4.78 is 13.8. The third kappa shape index (κ3) is 3.10. The fourth-order valence-corrected chi connectivity index (χ4v) is 4.64. The molecule has 3 atom stereocenters. The molecule has 2 aliphatic heterocycles. The van der Waals surface area contributed by atoms with Crippen LogP contribution in [0.15, 0.2) is 24.3 Å². The third-order valence-electron chi connectivity index (χ3n) is 5.58. The summed E-state index contributed by atoms with van der Waals surface area (Å²) in [6.45, 7) is 5.39. The first kappa shape index (κ1) is 18.0. The van der Waals surface area contributed by atoms with Crippen molar-refractivity contribution in [2.24, 2.45) is 11.8 Å². The number of aryl methyl sites for hydroxylation is 1. The van der Waals surface area contributed by atoms with Crippen LogP contribution in [0.5, 0.6) is 0 Å². The zero-order chi connectivity index (χ0) is 19.3. The molecule has 1 aromatic carbocycles. The minimum atomic E-state index is -0.295. The van der Waals surface area contributed by atoms with Crippen LogP contribution in [0.3, 0.4) is 0 Å². The second-order valence-electron chi connectivity index (χ2n) is 7.30. The monoisotopic (exact) mass is 389 g/mol. The lowest BCUT2D eigenvalue weighted by atomic mass is 9.89. The SMILES string of the molecule is CC(=O)N1C[C@H]2CN(c3nc(N)nc(C)c3Cl)C[C@H]2[C@H]1c1cccc(F)c1. The fraction of sp³-hybridized carbons (Fsp3) is 0.421. The molecule has 2 saturated heterocycles. The van der Waals surface area contributed by atoms with Gasteiger partial charge in [-0.1, -0.05) is 23.7 Å². The number of carbonyl (C=O) groups is 1. The molecule has 0 radical (unpaired) electrons. The van der Waals surface area contributed by atoms with E-state index < -0.39 is 0 Å². The zero-order valence-electron chi connectivity index (χ0n) is 15.2. The predicted octanol–water partition coefficient (Wildman–Crippen LogP) is 2.82. The van der Waals surface area contributed by atoms with Gasteiger partial charge in [-0.3, -0.25) is 4.79 Å². The normalized spacial score (nSPS) is 24.4. The highest BCUT2D eigenvalue weighted by Crippen LogP contribution is 2.46. The van der Waals surface area contributed by atoms with E-state index in [2.05, 4.69) is 14.9 Å². The zero-order valence-corrected chi connectivity index (χ0v) is 15.9. The summed E-state index contributed by atoms with van der Waals surface area (Å²) in [4.78, 5) is 24.6. The van der Waals surface area contributed by atoms with Gasteiger partial charge in [0, 0.05) is 38.4 Å². The molecule has 0 unspecified atom stereocenters. The number of nitrogen functional groups attached to an aromatic ring is 1. The minimum Gasteiger partial charge on any atom is -0.368 e. The molecule has 2 N–H and O–H groups in total. The molecule has 142 valence electrons. The number of hydrogen-bond acceptors (Lipinski definition) is 5. The van der Waals surface area contributed by atoms with Gasteiger partial charge in [-0.05, 0) is 24.6 Å². The van der Waals surface area contributed by atoms with Gasteiger partial charge in [-0.15, -0.1) is 0 Å². The van der Waals surface area contributed by atoms with E-state index in [9.17, 15) is 9.18 Å². The molecule has 2 aliphatic rings. The number of hydrogen-bond donors (Lipinski definition) is 1. The molecule has 0 aliphatic carbocycles. The molecule has 0 spiro atoms. The van der Waals surface area contributed by atoms with Crippen molar-refractivity contribution >= 4 is 29.3 Å². The van der Waals surface area contributed by atoms with Gasteiger partial charge >= 0.3 is 0 Å². The Bertz CT molecular complexity index is 908. The maximum atomic E-state index is 13.8. The summed E-state index contributed by atoms with van der Waals surface area (Å²) in [5, 5.41) is 0.495. The molecule has 8 heteroatoms. The van der Waals surface area contributed by atoms with E-state index in [1.165, 1.54) is 12.1 Å². The van der Waals surface area contributed by atoms with Gasteiger partial charge in [0.2, 0.25) is 11.9 Å². The number of nitrogens with zero attached hydrogens (tertiary/aromatic N) is 4. The molecule has 2 aromatic rings. The Labute approximate surface area is 162 Å². The van der Waals surface area contributed by atoms with E-state index in [-0.39, 0.29) is 35.6 Å². The van der Waals surface area contributed by atoms with Crippen molar-refractivity contribution in [2.45, 2.75) is 19.9 Å². The van der Waals surface area contributed by atoms with Gasteiger partial charge in [0.15, 0.2) is 5.82 Å². The molecule has 4 rings (SSSR count). The van der Waals surface area contributed by atoms with Crippen LogP contribution < -0.4 is 10.6 Å². The number of halogens is 2. The fourth-order valence-electron chi connectivity index (χ4n) is 4.43. The van der Waals surface area contributed by atoms with Crippen LogP contribution in [0.4, 0.5) is 16.2 Å². The van der Waals surface area contributed by atoms with Gasteiger partial charge in [-0.25, -0.2) is 9.37 Å². The molecule has 6 nitrogen and oxygen atoms in total. The van der Waals surface area contributed by atoms with Gasteiger partial charge < -0.3 is 15.5 Å². The van der Waals surface area contributed by atoms with Gasteiger partial charge in [0.05, 0.1) is 11.7 Å². The van der Waals surface area contributed by atoms with Crippen molar-refractivity contribution < 1.29 is 9.18 Å². The first-order valence-electron chi connectivity index (χ1n) is 8.92. The molecule has 2 fully saturated rings. The molecular formula is C19H21ClFN5O. The number of benzene rings is 1. The van der Waals surface area contributed by atoms with E-state index in [0.717, 1.165) is 12.1 Å². The van der Waals surface area contributed by atoms with Crippen LogP contribution in [0.2, 0.25) is 5.02 Å². The smallest absolute Gasteiger partial charge is 0.222 e. The number of aromatic nitrogens is 2. The second kappa shape index (κ2) is 6.64. The maximum Gasteiger partial charge on any atom is 0.222 e. The summed E-state index contributed by atoms with van der Waals surface area (Å²) in [6.07, 6.45) is 0. The maximum absolute atomic E-state index is 13.8. The van der Waals surface area contributed by atoms with Crippen molar-refractivity contribution in [3.8, 4) is 0 Å². The lowest BCUT2D eigenvalue weighted by molar-refractivity contribution is -0.130. The van der Waals surface area contributed by atoms with Crippen LogP contribution >= 0.6 is 11.6 Å². The Morgan fingerprint density at radius 3 is 2.78 bits per heavy atom. The number of anilines is 2. The third-order valence-corrected chi connectivity index (χ3v) is 6.02. The Morgan fingerprint density at radius 1 is 1.30 bits per heavy atom. The number of rotatable bonds is 2. The summed E-state index contributed by atoms with van der Waals surface area (Å²) in [6, 6.07) is 6.35. The second-order valence-corrected chi connectivity index (χ2v) is 7.68. The average molecular weight is 390 g/mol. The van der Waals surface area contributed by atoms with E-state index in [1.54, 1.807) is 19.9 Å². The van der Waals surface area contributed by atoms with Gasteiger partial charge in [0.1, 0.15) is 10.8 Å². The van der Waals surface area contributed by atoms with E-state index in [0.29, 0.717) is 29.6 Å². The first-order chi connectivity index (χ1) is 12.8. The van der Waals surface area contributed by atoms with Crippen molar-refractivity contribution in [3.63, 3.8) is 0 Å². The standard InChI is InChI=1S/C19H21ClFN5O/c1-10-16(20)18(24-19(22)23-10)25-7-13-8-26(11(2)27)17(15(13)9-25)12-4-3-5-14(21)6-12/h3-6,13,15,17H,7-9H2,1-2H3,(H2,22,23,24)/t13-,15-,17-/m1/s1. The first-order valence-corrected chi connectivity index (χ1v) is 9.30. The number of amides is 1. The van der Waals surface area contributed by atoms with E-state index in [1.807, 2.05) is 11.0 Å². The average Bonchev–Trinajstić information content (AvgIpc) is 3.15. The molecule has 0 saturated carbocycles. The molecule has 27 heavy (non-hydrogen) atoms. The van der Waals surface area contributed by atoms with Crippen molar-refractivity contribution in [1.29, 1.82) is 0 Å². The summed E-state index contributed by atoms with van der Waals surface area (Å²) >= 11 is 6.42. The topological polar surface area (TPSA) is 75.4 Å². The summed E-state index contributed by atoms with van der Waals surface area (Å²) in [5.41, 5.74) is 7.27. The summed E-state index contributed by atoms with van der Waals surface area (Å²) in [5.74, 6) is 0.958. The molecule has 1 amide bonds. The highest BCUT2D eigenvalue weighted by molar-refractivity contribution is 6.33. The molecule has 0 bridgehead atoms. The molecule has 1 aromatic heterocycles. The minimum absolute atomic E-state index is 0.00497. The van der Waals surface area contributed by atoms with Crippen molar-refractivity contribution in [2.75, 3.05) is 30.3 Å². The lowest BCUT2D eigenvalue weighted by Gasteiger charge is -2.29. The lowest BCUT2D eigenvalue weighted by Crippen LogP contribution is -2.34. The van der Waals surface area contributed by atoms with Crippen LogP contribution in [0.25, 0.3) is 0 Å². The number of nitrogens with two attached hydrogens (primary N) is 1. The highest BCUT2D eigenvalue weighted by Gasteiger charge is 2.49. The van der Waals surface area contributed by atoms with Gasteiger partial charge in [-0.2, -0.15) is 4.98 Å². The number of likely N-dealkylation sites (tertiary alicyclic amines) is 1.